The molecule has 0 amide bonds. The first kappa shape index (κ1) is 13.6. The van der Waals surface area contributed by atoms with Crippen LogP contribution in [0, 0.1) is 39.0 Å². The van der Waals surface area contributed by atoms with E-state index >= 15 is 0 Å². The Morgan fingerprint density at radius 2 is 1.68 bits per heavy atom. The molecule has 0 N–H and O–H groups in total. The maximum absolute atomic E-state index is 9.25. The van der Waals surface area contributed by atoms with Gasteiger partial charge in [-0.05, 0) is 51.5 Å². The van der Waals surface area contributed by atoms with Gasteiger partial charge in [0.1, 0.15) is 11.1 Å². The van der Waals surface area contributed by atoms with Crippen LogP contribution in [0.4, 0.5) is 0 Å². The van der Waals surface area contributed by atoms with E-state index in [-0.39, 0.29) is 0 Å². The second-order valence-electron chi connectivity index (χ2n) is 4.56. The standard InChI is InChI=1S/C15H15N3S/c1-9-5-10(2)18-15(6-9)19-14-7-11(3)17-12(4)13(14)8-16/h5-7H,1-4H3. The van der Waals surface area contributed by atoms with E-state index < -0.39 is 0 Å². The van der Waals surface area contributed by atoms with Gasteiger partial charge in [-0.1, -0.05) is 11.8 Å². The lowest BCUT2D eigenvalue weighted by atomic mass is 10.2. The van der Waals surface area contributed by atoms with E-state index in [1.807, 2.05) is 45.9 Å². The van der Waals surface area contributed by atoms with Crippen molar-refractivity contribution in [3.63, 3.8) is 0 Å². The molecule has 0 aliphatic carbocycles. The highest BCUT2D eigenvalue weighted by Crippen LogP contribution is 2.31. The molecule has 0 aromatic carbocycles. The Morgan fingerprint density at radius 1 is 1.00 bits per heavy atom. The lowest BCUT2D eigenvalue weighted by molar-refractivity contribution is 1.04. The van der Waals surface area contributed by atoms with Crippen molar-refractivity contribution < 1.29 is 0 Å². The fourth-order valence-corrected chi connectivity index (χ4v) is 3.16. The van der Waals surface area contributed by atoms with Crippen LogP contribution < -0.4 is 0 Å². The van der Waals surface area contributed by atoms with Crippen LogP contribution in [0.15, 0.2) is 28.1 Å². The number of hydrogen-bond acceptors (Lipinski definition) is 4. The highest BCUT2D eigenvalue weighted by atomic mass is 32.2. The summed E-state index contributed by atoms with van der Waals surface area (Å²) in [7, 11) is 0. The number of aryl methyl sites for hydroxylation is 4. The normalized spacial score (nSPS) is 10.3. The predicted molar refractivity (Wildman–Crippen MR) is 76.3 cm³/mol. The number of rotatable bonds is 2. The number of hydrogen-bond donors (Lipinski definition) is 0. The molecule has 19 heavy (non-hydrogen) atoms. The first-order valence-corrected chi connectivity index (χ1v) is 6.82. The lowest BCUT2D eigenvalue weighted by Gasteiger charge is -2.08. The summed E-state index contributed by atoms with van der Waals surface area (Å²) in [4.78, 5) is 9.74. The molecule has 4 heteroatoms. The molecule has 0 fully saturated rings. The van der Waals surface area contributed by atoms with Crippen molar-refractivity contribution in [2.45, 2.75) is 37.6 Å². The van der Waals surface area contributed by atoms with Gasteiger partial charge in [-0.3, -0.25) is 4.98 Å². The first-order chi connectivity index (χ1) is 8.99. The fraction of sp³-hybridized carbons (Fsp3) is 0.267. The molecular formula is C15H15N3S. The molecule has 96 valence electrons. The van der Waals surface area contributed by atoms with Gasteiger partial charge in [0.15, 0.2) is 0 Å². The third-order valence-electron chi connectivity index (χ3n) is 2.69. The van der Waals surface area contributed by atoms with Crippen LogP contribution in [0.2, 0.25) is 0 Å². The molecule has 2 aromatic rings. The summed E-state index contributed by atoms with van der Waals surface area (Å²) in [6, 6.07) is 8.24. The predicted octanol–water partition coefficient (Wildman–Crippen LogP) is 3.73. The summed E-state index contributed by atoms with van der Waals surface area (Å²) in [5.41, 5.74) is 4.49. The maximum Gasteiger partial charge on any atom is 0.102 e. The van der Waals surface area contributed by atoms with Gasteiger partial charge in [0.05, 0.1) is 11.3 Å². The first-order valence-electron chi connectivity index (χ1n) is 6.01. The molecule has 2 rings (SSSR count). The Labute approximate surface area is 117 Å². The quantitative estimate of drug-likeness (QED) is 0.833. The van der Waals surface area contributed by atoms with Crippen LogP contribution in [0.3, 0.4) is 0 Å². The third kappa shape index (κ3) is 3.12. The Kier molecular flexibility index (Phi) is 3.87. The zero-order valence-corrected chi connectivity index (χ0v) is 12.3. The molecular weight excluding hydrogens is 254 g/mol. The van der Waals surface area contributed by atoms with E-state index in [2.05, 4.69) is 16.0 Å². The van der Waals surface area contributed by atoms with Crippen molar-refractivity contribution in [1.29, 1.82) is 5.26 Å². The molecule has 0 saturated heterocycles. The van der Waals surface area contributed by atoms with E-state index in [1.165, 1.54) is 17.3 Å². The fourth-order valence-electron chi connectivity index (χ4n) is 1.98. The van der Waals surface area contributed by atoms with E-state index in [9.17, 15) is 5.26 Å². The molecule has 0 aliphatic rings. The van der Waals surface area contributed by atoms with Crippen molar-refractivity contribution in [3.8, 4) is 6.07 Å². The van der Waals surface area contributed by atoms with Gasteiger partial charge in [0, 0.05) is 16.3 Å². The summed E-state index contributed by atoms with van der Waals surface area (Å²) < 4.78 is 0. The van der Waals surface area contributed by atoms with Crippen molar-refractivity contribution >= 4 is 11.8 Å². The van der Waals surface area contributed by atoms with Crippen LogP contribution in [0.1, 0.15) is 28.2 Å². The summed E-state index contributed by atoms with van der Waals surface area (Å²) in [5, 5.41) is 10.2. The van der Waals surface area contributed by atoms with Gasteiger partial charge in [0.2, 0.25) is 0 Å². The van der Waals surface area contributed by atoms with Crippen molar-refractivity contribution in [2.75, 3.05) is 0 Å². The van der Waals surface area contributed by atoms with Crippen molar-refractivity contribution in [3.05, 3.63) is 46.4 Å². The summed E-state index contributed by atoms with van der Waals surface area (Å²) >= 11 is 1.52. The van der Waals surface area contributed by atoms with E-state index in [0.717, 1.165) is 27.0 Å². The second-order valence-corrected chi connectivity index (χ2v) is 5.62. The number of aromatic nitrogens is 2. The Bertz CT molecular complexity index is 652. The van der Waals surface area contributed by atoms with Crippen LogP contribution in [-0.2, 0) is 0 Å². The molecule has 0 aliphatic heterocycles. The van der Waals surface area contributed by atoms with E-state index in [0.29, 0.717) is 5.56 Å². The van der Waals surface area contributed by atoms with Gasteiger partial charge in [0.25, 0.3) is 0 Å². The van der Waals surface area contributed by atoms with Gasteiger partial charge in [-0.15, -0.1) is 0 Å². The summed E-state index contributed by atoms with van der Waals surface area (Å²) in [6.45, 7) is 7.83. The Morgan fingerprint density at radius 3 is 2.32 bits per heavy atom. The van der Waals surface area contributed by atoms with Crippen LogP contribution in [-0.4, -0.2) is 9.97 Å². The zero-order valence-electron chi connectivity index (χ0n) is 11.5. The van der Waals surface area contributed by atoms with Gasteiger partial charge in [-0.25, -0.2) is 4.98 Å². The van der Waals surface area contributed by atoms with E-state index in [1.54, 1.807) is 0 Å². The third-order valence-corrected chi connectivity index (χ3v) is 3.65. The SMILES string of the molecule is Cc1cc(C)nc(Sc2cc(C)nc(C)c2C#N)c1. The molecule has 2 aromatic heterocycles. The van der Waals surface area contributed by atoms with Gasteiger partial charge in [-0.2, -0.15) is 5.26 Å². The average Bonchev–Trinajstić information content (AvgIpc) is 2.26. The molecule has 0 radical (unpaired) electrons. The minimum atomic E-state index is 0.636. The van der Waals surface area contributed by atoms with E-state index in [4.69, 9.17) is 0 Å². The Hall–Kier alpha value is -1.86. The lowest BCUT2D eigenvalue weighted by Crippen LogP contribution is -1.95. The molecule has 3 nitrogen and oxygen atoms in total. The minimum Gasteiger partial charge on any atom is -0.257 e. The van der Waals surface area contributed by atoms with Crippen LogP contribution >= 0.6 is 11.8 Å². The number of pyridine rings is 2. The highest BCUT2D eigenvalue weighted by molar-refractivity contribution is 7.99. The monoisotopic (exact) mass is 269 g/mol. The van der Waals surface area contributed by atoms with Crippen LogP contribution in [0.25, 0.3) is 0 Å². The van der Waals surface area contributed by atoms with Gasteiger partial charge >= 0.3 is 0 Å². The largest absolute Gasteiger partial charge is 0.257 e. The van der Waals surface area contributed by atoms with Gasteiger partial charge < -0.3 is 0 Å². The summed E-state index contributed by atoms with van der Waals surface area (Å²) in [6.07, 6.45) is 0. The van der Waals surface area contributed by atoms with Crippen molar-refractivity contribution in [1.82, 2.24) is 9.97 Å². The molecule has 0 atom stereocenters. The number of nitrogens with zero attached hydrogens (tertiary/aromatic N) is 3. The zero-order chi connectivity index (χ0) is 14.0. The minimum absolute atomic E-state index is 0.636. The maximum atomic E-state index is 9.25. The highest BCUT2D eigenvalue weighted by Gasteiger charge is 2.10. The molecule has 2 heterocycles. The topological polar surface area (TPSA) is 49.6 Å². The molecule has 0 spiro atoms. The number of nitriles is 1. The average molecular weight is 269 g/mol. The molecule has 0 unspecified atom stereocenters. The summed E-state index contributed by atoms with van der Waals surface area (Å²) in [5.74, 6) is 0. The van der Waals surface area contributed by atoms with Crippen LogP contribution in [0.5, 0.6) is 0 Å². The Balaban J connectivity index is 2.46. The molecule has 0 bridgehead atoms. The smallest absolute Gasteiger partial charge is 0.102 e. The van der Waals surface area contributed by atoms with Crippen molar-refractivity contribution in [2.24, 2.45) is 0 Å². The molecule has 0 saturated carbocycles. The second kappa shape index (κ2) is 5.41.